The summed E-state index contributed by atoms with van der Waals surface area (Å²) in [6, 6.07) is 0. The largest absolute Gasteiger partial charge is 0.462 e. The molecular weight excluding hydrogens is 913 g/mol. The highest BCUT2D eigenvalue weighted by atomic mass is 16.6. The highest BCUT2D eigenvalue weighted by Crippen LogP contribution is 2.20. The molecule has 0 saturated heterocycles. The van der Waals surface area contributed by atoms with Crippen LogP contribution in [0.4, 0.5) is 0 Å². The Hall–Kier alpha value is -1.59. The van der Waals surface area contributed by atoms with Gasteiger partial charge in [-0.25, -0.2) is 0 Å². The number of unbranched alkanes of at least 4 members (excludes halogenated alkanes) is 49. The molecule has 0 fully saturated rings. The molecule has 74 heavy (non-hydrogen) atoms. The fourth-order valence-corrected chi connectivity index (χ4v) is 10.7. The lowest BCUT2D eigenvalue weighted by Crippen LogP contribution is -2.30. The molecule has 0 aromatic carbocycles. The second kappa shape index (κ2) is 62.3. The topological polar surface area (TPSA) is 78.9 Å². The molecule has 6 nitrogen and oxygen atoms in total. The summed E-state index contributed by atoms with van der Waals surface area (Å²) in [5.41, 5.74) is 0. The summed E-state index contributed by atoms with van der Waals surface area (Å²) in [4.78, 5) is 38.4. The van der Waals surface area contributed by atoms with Gasteiger partial charge < -0.3 is 14.2 Å². The molecule has 0 aromatic rings. The Balaban J connectivity index is 4.28. The molecule has 0 rings (SSSR count). The van der Waals surface area contributed by atoms with Gasteiger partial charge in [-0.3, -0.25) is 14.4 Å². The third-order valence-corrected chi connectivity index (χ3v) is 16.2. The van der Waals surface area contributed by atoms with Gasteiger partial charge >= 0.3 is 17.9 Å². The maximum absolute atomic E-state index is 12.9. The first-order valence-electron chi connectivity index (χ1n) is 33.9. The molecule has 0 spiro atoms. The summed E-state index contributed by atoms with van der Waals surface area (Å²) in [7, 11) is 0. The number of rotatable bonds is 63. The number of carbonyl (C=O) groups is 3. The average molecular weight is 1050 g/mol. The lowest BCUT2D eigenvalue weighted by molar-refractivity contribution is -0.167. The molecule has 0 aromatic heterocycles. The van der Waals surface area contributed by atoms with E-state index in [0.29, 0.717) is 19.3 Å². The van der Waals surface area contributed by atoms with Crippen molar-refractivity contribution in [3.63, 3.8) is 0 Å². The van der Waals surface area contributed by atoms with Gasteiger partial charge in [-0.15, -0.1) is 0 Å². The van der Waals surface area contributed by atoms with Crippen LogP contribution in [0.3, 0.4) is 0 Å². The first-order valence-corrected chi connectivity index (χ1v) is 33.9. The van der Waals surface area contributed by atoms with Crippen LogP contribution in [0.25, 0.3) is 0 Å². The van der Waals surface area contributed by atoms with Crippen molar-refractivity contribution in [2.45, 2.75) is 400 Å². The van der Waals surface area contributed by atoms with Gasteiger partial charge in [-0.1, -0.05) is 355 Å². The number of hydrogen-bond donors (Lipinski definition) is 0. The lowest BCUT2D eigenvalue weighted by Gasteiger charge is -2.18. The van der Waals surface area contributed by atoms with E-state index >= 15 is 0 Å². The van der Waals surface area contributed by atoms with E-state index in [2.05, 4.69) is 27.7 Å². The smallest absolute Gasteiger partial charge is 0.306 e. The van der Waals surface area contributed by atoms with Crippen molar-refractivity contribution in [1.82, 2.24) is 0 Å². The minimum atomic E-state index is -0.764. The van der Waals surface area contributed by atoms with Crippen LogP contribution in [0.1, 0.15) is 394 Å². The highest BCUT2D eigenvalue weighted by Gasteiger charge is 2.19. The Kier molecular flexibility index (Phi) is 60.9. The Morgan fingerprint density at radius 1 is 0.270 bits per heavy atom. The molecule has 1 unspecified atom stereocenters. The summed E-state index contributed by atoms with van der Waals surface area (Å²) >= 11 is 0. The van der Waals surface area contributed by atoms with Crippen molar-refractivity contribution < 1.29 is 28.6 Å². The molecule has 0 amide bonds. The SMILES string of the molecule is CCCCCCCCCCCCCCCCCCCCCC(=O)OC[C@H](COC(=O)CCCCCCCCCCCCCCCCC(C)CC)OC(=O)CCCCCCCCCCCCCCCCCCCCC. The predicted molar refractivity (Wildman–Crippen MR) is 321 cm³/mol. The lowest BCUT2D eigenvalue weighted by atomic mass is 9.99. The monoisotopic (exact) mass is 1050 g/mol. The Bertz CT molecular complexity index is 1120. The predicted octanol–water partition coefficient (Wildman–Crippen LogP) is 22.9. The van der Waals surface area contributed by atoms with Gasteiger partial charge in [0.15, 0.2) is 6.10 Å². The van der Waals surface area contributed by atoms with Crippen molar-refractivity contribution in [3.8, 4) is 0 Å². The van der Waals surface area contributed by atoms with Gasteiger partial charge in [0.1, 0.15) is 13.2 Å². The number of ether oxygens (including phenoxy) is 3. The van der Waals surface area contributed by atoms with Gasteiger partial charge in [0.05, 0.1) is 0 Å². The zero-order chi connectivity index (χ0) is 53.7. The molecule has 0 bridgehead atoms. The molecule has 0 saturated carbocycles. The van der Waals surface area contributed by atoms with Crippen LogP contribution in [0, 0.1) is 5.92 Å². The molecule has 0 aliphatic rings. The van der Waals surface area contributed by atoms with Gasteiger partial charge in [-0.2, -0.15) is 0 Å². The van der Waals surface area contributed by atoms with E-state index in [4.69, 9.17) is 14.2 Å². The first-order chi connectivity index (χ1) is 36.4. The zero-order valence-electron chi connectivity index (χ0n) is 50.8. The number of hydrogen-bond acceptors (Lipinski definition) is 6. The van der Waals surface area contributed by atoms with Gasteiger partial charge in [0.25, 0.3) is 0 Å². The number of esters is 3. The van der Waals surface area contributed by atoms with Crippen LogP contribution in [-0.4, -0.2) is 37.2 Å². The molecule has 440 valence electrons. The third-order valence-electron chi connectivity index (χ3n) is 16.2. The van der Waals surface area contributed by atoms with Crippen LogP contribution in [0.2, 0.25) is 0 Å². The van der Waals surface area contributed by atoms with E-state index in [1.165, 1.54) is 289 Å². The molecule has 0 aliphatic carbocycles. The normalized spacial score (nSPS) is 12.3. The number of carbonyl (C=O) groups excluding carboxylic acids is 3. The van der Waals surface area contributed by atoms with Crippen molar-refractivity contribution in [1.29, 1.82) is 0 Å². The Labute approximate surface area is 463 Å². The van der Waals surface area contributed by atoms with Crippen molar-refractivity contribution >= 4 is 17.9 Å². The fraction of sp³-hybridized carbons (Fsp3) is 0.956. The van der Waals surface area contributed by atoms with Crippen molar-refractivity contribution in [3.05, 3.63) is 0 Å². The minimum Gasteiger partial charge on any atom is -0.462 e. The first kappa shape index (κ1) is 72.4. The van der Waals surface area contributed by atoms with Crippen molar-refractivity contribution in [2.24, 2.45) is 5.92 Å². The molecular formula is C68H132O6. The van der Waals surface area contributed by atoms with E-state index < -0.39 is 6.10 Å². The van der Waals surface area contributed by atoms with E-state index in [9.17, 15) is 14.4 Å². The van der Waals surface area contributed by atoms with Crippen LogP contribution in [-0.2, 0) is 28.6 Å². The van der Waals surface area contributed by atoms with E-state index in [0.717, 1.165) is 63.7 Å². The Morgan fingerprint density at radius 2 is 0.473 bits per heavy atom. The van der Waals surface area contributed by atoms with Gasteiger partial charge in [0.2, 0.25) is 0 Å². The maximum Gasteiger partial charge on any atom is 0.306 e. The molecule has 2 atom stereocenters. The Morgan fingerprint density at radius 3 is 0.703 bits per heavy atom. The molecule has 0 aliphatic heterocycles. The third kappa shape index (κ3) is 59.7. The maximum atomic E-state index is 12.9. The molecule has 0 heterocycles. The molecule has 0 radical (unpaired) electrons. The molecule has 6 heteroatoms. The molecule has 0 N–H and O–H groups in total. The second-order valence-corrected chi connectivity index (χ2v) is 23.7. The summed E-state index contributed by atoms with van der Waals surface area (Å²) in [5, 5.41) is 0. The minimum absolute atomic E-state index is 0.0608. The van der Waals surface area contributed by atoms with Crippen LogP contribution in [0.5, 0.6) is 0 Å². The fourth-order valence-electron chi connectivity index (χ4n) is 10.7. The average Bonchev–Trinajstić information content (AvgIpc) is 3.40. The van der Waals surface area contributed by atoms with Crippen LogP contribution in [0.15, 0.2) is 0 Å². The second-order valence-electron chi connectivity index (χ2n) is 23.7. The summed E-state index contributed by atoms with van der Waals surface area (Å²) in [5.74, 6) is 0.0724. The van der Waals surface area contributed by atoms with E-state index in [-0.39, 0.29) is 31.1 Å². The zero-order valence-corrected chi connectivity index (χ0v) is 50.8. The quantitative estimate of drug-likeness (QED) is 0.0343. The van der Waals surface area contributed by atoms with Crippen molar-refractivity contribution in [2.75, 3.05) is 13.2 Å². The standard InChI is InChI=1S/C68H132O6/c1-5-8-10-12-14-16-18-20-22-24-26-28-30-35-39-43-47-51-55-59-66(69)72-62-65(63-73-67(70)60-56-52-48-44-40-36-33-32-34-38-42-46-50-54-58-64(4)7-3)74-68(71)61-57-53-49-45-41-37-31-29-27-25-23-21-19-17-15-13-11-9-6-2/h64-65H,5-63H2,1-4H3/t64?,65-/m1/s1. The van der Waals surface area contributed by atoms with Gasteiger partial charge in [0, 0.05) is 19.3 Å². The highest BCUT2D eigenvalue weighted by molar-refractivity contribution is 5.71. The van der Waals surface area contributed by atoms with Crippen LogP contribution < -0.4 is 0 Å². The summed E-state index contributed by atoms with van der Waals surface area (Å²) in [6.07, 6.45) is 71.0. The summed E-state index contributed by atoms with van der Waals surface area (Å²) in [6.45, 7) is 9.14. The van der Waals surface area contributed by atoms with E-state index in [1.807, 2.05) is 0 Å². The van der Waals surface area contributed by atoms with Crippen LogP contribution >= 0.6 is 0 Å². The van der Waals surface area contributed by atoms with E-state index in [1.54, 1.807) is 0 Å². The summed E-state index contributed by atoms with van der Waals surface area (Å²) < 4.78 is 17.0. The van der Waals surface area contributed by atoms with Gasteiger partial charge in [-0.05, 0) is 25.2 Å².